The minimum atomic E-state index is -3.62. The molecule has 2 aromatic carbocycles. The van der Waals surface area contributed by atoms with Crippen LogP contribution in [0.3, 0.4) is 0 Å². The highest BCUT2D eigenvalue weighted by Crippen LogP contribution is 2.18. The number of benzene rings is 2. The lowest BCUT2D eigenvalue weighted by Crippen LogP contribution is -2.08. The van der Waals surface area contributed by atoms with E-state index in [4.69, 9.17) is 16.0 Å². The largest absolute Gasteiger partial charge is 0.407 e. The Bertz CT molecular complexity index is 1080. The predicted molar refractivity (Wildman–Crippen MR) is 101 cm³/mol. The van der Waals surface area contributed by atoms with Crippen molar-refractivity contribution in [1.82, 2.24) is 10.2 Å². The molecule has 0 aliphatic carbocycles. The quantitative estimate of drug-likeness (QED) is 0.633. The molecular formula is C18H14ClN3O4S. The molecule has 0 radical (unpaired) electrons. The Hall–Kier alpha value is -2.97. The van der Waals surface area contributed by atoms with Gasteiger partial charge in [0, 0.05) is 11.1 Å². The van der Waals surface area contributed by atoms with E-state index in [2.05, 4.69) is 15.5 Å². The van der Waals surface area contributed by atoms with Crippen molar-refractivity contribution >= 4 is 39.4 Å². The van der Waals surface area contributed by atoms with E-state index in [1.807, 2.05) is 0 Å². The molecule has 9 heteroatoms. The second-order valence-electron chi connectivity index (χ2n) is 5.42. The van der Waals surface area contributed by atoms with E-state index in [-0.39, 0.29) is 16.8 Å². The fraction of sp³-hybridized carbons (Fsp3) is 0.0556. The third kappa shape index (κ3) is 5.02. The van der Waals surface area contributed by atoms with Crippen LogP contribution in [0.15, 0.2) is 70.0 Å². The summed E-state index contributed by atoms with van der Waals surface area (Å²) < 4.78 is 29.8. The average Bonchev–Trinajstić information content (AvgIpc) is 3.08. The molecule has 0 aliphatic rings. The predicted octanol–water partition coefficient (Wildman–Crippen LogP) is 3.35. The van der Waals surface area contributed by atoms with Crippen molar-refractivity contribution in [3.05, 3.63) is 77.2 Å². The zero-order valence-corrected chi connectivity index (χ0v) is 15.4. The van der Waals surface area contributed by atoms with Gasteiger partial charge >= 0.3 is 6.01 Å². The Balaban J connectivity index is 1.64. The zero-order chi connectivity index (χ0) is 19.3. The molecule has 0 bridgehead atoms. The van der Waals surface area contributed by atoms with Gasteiger partial charge in [0.2, 0.25) is 5.89 Å². The number of anilines is 1. The maximum Gasteiger partial charge on any atom is 0.322 e. The highest BCUT2D eigenvalue weighted by molar-refractivity contribution is 7.90. The van der Waals surface area contributed by atoms with Crippen molar-refractivity contribution in [2.75, 3.05) is 5.32 Å². The van der Waals surface area contributed by atoms with Gasteiger partial charge in [0.25, 0.3) is 5.91 Å². The first-order valence-corrected chi connectivity index (χ1v) is 9.81. The summed E-state index contributed by atoms with van der Waals surface area (Å²) in [5, 5.41) is 10.2. The van der Waals surface area contributed by atoms with Crippen LogP contribution in [0.25, 0.3) is 6.08 Å². The molecule has 0 aliphatic heterocycles. The summed E-state index contributed by atoms with van der Waals surface area (Å²) >= 11 is 6.00. The summed E-state index contributed by atoms with van der Waals surface area (Å²) in [5.41, 5.74) is 0.675. The van der Waals surface area contributed by atoms with Crippen LogP contribution in [0.1, 0.15) is 11.5 Å². The summed E-state index contributed by atoms with van der Waals surface area (Å²) in [5.74, 6) is -1.10. The standard InChI is InChI=1S/C18H14ClN3O4S/c19-15-9-5-4-6-13(15)10-11-16(23)20-18-22-21-17(26-18)12-27(24,25)14-7-2-1-3-8-14/h1-11H,12H2,(H,20,22,23)/b11-10+. The van der Waals surface area contributed by atoms with Gasteiger partial charge in [-0.15, -0.1) is 5.10 Å². The average molecular weight is 404 g/mol. The van der Waals surface area contributed by atoms with Crippen LogP contribution < -0.4 is 5.32 Å². The van der Waals surface area contributed by atoms with Crippen LogP contribution >= 0.6 is 11.6 Å². The number of aromatic nitrogens is 2. The second kappa shape index (κ2) is 8.15. The van der Waals surface area contributed by atoms with Crippen LogP contribution in [0.2, 0.25) is 5.02 Å². The summed E-state index contributed by atoms with van der Waals surface area (Å²) in [7, 11) is -3.62. The maximum absolute atomic E-state index is 12.3. The number of carbonyl (C=O) groups is 1. The molecule has 3 rings (SSSR count). The molecular weight excluding hydrogens is 390 g/mol. The number of nitrogens with zero attached hydrogens (tertiary/aromatic N) is 2. The molecule has 1 aromatic heterocycles. The normalized spacial score (nSPS) is 11.6. The third-order valence-electron chi connectivity index (χ3n) is 3.43. The number of hydrogen-bond acceptors (Lipinski definition) is 6. The highest BCUT2D eigenvalue weighted by Gasteiger charge is 2.19. The van der Waals surface area contributed by atoms with E-state index in [1.54, 1.807) is 42.5 Å². The fourth-order valence-electron chi connectivity index (χ4n) is 2.16. The lowest BCUT2D eigenvalue weighted by atomic mass is 10.2. The van der Waals surface area contributed by atoms with Crippen molar-refractivity contribution in [3.8, 4) is 0 Å². The van der Waals surface area contributed by atoms with Crippen molar-refractivity contribution in [2.45, 2.75) is 10.6 Å². The minimum absolute atomic E-state index is 0.121. The molecule has 7 nitrogen and oxygen atoms in total. The molecule has 0 saturated carbocycles. The fourth-order valence-corrected chi connectivity index (χ4v) is 3.54. The maximum atomic E-state index is 12.3. The summed E-state index contributed by atoms with van der Waals surface area (Å²) in [4.78, 5) is 12.1. The second-order valence-corrected chi connectivity index (χ2v) is 7.81. The number of amides is 1. The van der Waals surface area contributed by atoms with Gasteiger partial charge in [0.15, 0.2) is 9.84 Å². The molecule has 0 spiro atoms. The molecule has 3 aromatic rings. The van der Waals surface area contributed by atoms with Crippen molar-refractivity contribution in [3.63, 3.8) is 0 Å². The Morgan fingerprint density at radius 1 is 1.07 bits per heavy atom. The lowest BCUT2D eigenvalue weighted by Gasteiger charge is -2.00. The molecule has 27 heavy (non-hydrogen) atoms. The molecule has 1 heterocycles. The number of nitrogens with one attached hydrogen (secondary N) is 1. The topological polar surface area (TPSA) is 102 Å². The molecule has 0 unspecified atom stereocenters. The smallest absolute Gasteiger partial charge is 0.322 e. The van der Waals surface area contributed by atoms with Gasteiger partial charge in [0.05, 0.1) is 4.90 Å². The highest BCUT2D eigenvalue weighted by atomic mass is 35.5. The van der Waals surface area contributed by atoms with Crippen LogP contribution in [0.5, 0.6) is 0 Å². The van der Waals surface area contributed by atoms with E-state index in [9.17, 15) is 13.2 Å². The number of carbonyl (C=O) groups excluding carboxylic acids is 1. The van der Waals surface area contributed by atoms with Crippen molar-refractivity contribution in [1.29, 1.82) is 0 Å². The van der Waals surface area contributed by atoms with Gasteiger partial charge in [-0.25, -0.2) is 8.42 Å². The van der Waals surface area contributed by atoms with Gasteiger partial charge in [-0.1, -0.05) is 53.1 Å². The van der Waals surface area contributed by atoms with Gasteiger partial charge in [-0.3, -0.25) is 10.1 Å². The molecule has 1 N–H and O–H groups in total. The van der Waals surface area contributed by atoms with E-state index in [0.29, 0.717) is 10.6 Å². The van der Waals surface area contributed by atoms with Gasteiger partial charge in [-0.05, 0) is 29.8 Å². The first-order valence-electron chi connectivity index (χ1n) is 7.78. The Kier molecular flexibility index (Phi) is 5.68. The monoisotopic (exact) mass is 403 g/mol. The Morgan fingerprint density at radius 3 is 2.52 bits per heavy atom. The number of rotatable bonds is 6. The van der Waals surface area contributed by atoms with E-state index in [1.165, 1.54) is 24.3 Å². The van der Waals surface area contributed by atoms with E-state index < -0.39 is 21.5 Å². The van der Waals surface area contributed by atoms with Crippen LogP contribution in [0, 0.1) is 0 Å². The van der Waals surface area contributed by atoms with Gasteiger partial charge in [-0.2, -0.15) is 0 Å². The Labute approximate surface area is 160 Å². The summed E-state index contributed by atoms with van der Waals surface area (Å²) in [6.07, 6.45) is 2.79. The Morgan fingerprint density at radius 2 is 1.78 bits per heavy atom. The molecule has 1 amide bonds. The number of hydrogen-bond donors (Lipinski definition) is 1. The lowest BCUT2D eigenvalue weighted by molar-refractivity contribution is -0.112. The molecule has 0 fully saturated rings. The first kappa shape index (κ1) is 18.8. The third-order valence-corrected chi connectivity index (χ3v) is 5.39. The van der Waals surface area contributed by atoms with Crippen molar-refractivity contribution in [2.24, 2.45) is 0 Å². The number of sulfone groups is 1. The van der Waals surface area contributed by atoms with Crippen LogP contribution in [0.4, 0.5) is 6.01 Å². The van der Waals surface area contributed by atoms with Crippen LogP contribution in [-0.2, 0) is 20.4 Å². The minimum Gasteiger partial charge on any atom is -0.407 e. The zero-order valence-electron chi connectivity index (χ0n) is 13.9. The van der Waals surface area contributed by atoms with Gasteiger partial charge in [0.1, 0.15) is 5.75 Å². The SMILES string of the molecule is O=C(/C=C/c1ccccc1Cl)Nc1nnc(CS(=O)(=O)c2ccccc2)o1. The molecule has 138 valence electrons. The molecule has 0 saturated heterocycles. The molecule has 0 atom stereocenters. The van der Waals surface area contributed by atoms with Crippen molar-refractivity contribution < 1.29 is 17.6 Å². The number of halogens is 1. The summed E-state index contributed by atoms with van der Waals surface area (Å²) in [6.45, 7) is 0. The van der Waals surface area contributed by atoms with Crippen LogP contribution in [-0.4, -0.2) is 24.5 Å². The van der Waals surface area contributed by atoms with E-state index >= 15 is 0 Å². The van der Waals surface area contributed by atoms with E-state index in [0.717, 1.165) is 0 Å². The van der Waals surface area contributed by atoms with Gasteiger partial charge < -0.3 is 4.42 Å². The first-order chi connectivity index (χ1) is 12.9. The summed E-state index contributed by atoms with van der Waals surface area (Å²) in [6, 6.07) is 14.8.